The van der Waals surface area contributed by atoms with Crippen LogP contribution in [0, 0.1) is 29.6 Å². The molecule has 0 saturated heterocycles. The van der Waals surface area contributed by atoms with Gasteiger partial charge in [-0.2, -0.15) is 0 Å². The number of rotatable bonds is 1. The summed E-state index contributed by atoms with van der Waals surface area (Å²) in [6, 6.07) is 14.4. The fraction of sp³-hybridized carbons (Fsp3) is 0.333. The van der Waals surface area contributed by atoms with Crippen LogP contribution in [0.1, 0.15) is 70.1 Å². The second kappa shape index (κ2) is 13.2. The fourth-order valence-electron chi connectivity index (χ4n) is 4.35. The Hall–Kier alpha value is 0.0694. The number of nitrogens with zero attached hydrogens (tertiary/aromatic N) is 1. The maximum Gasteiger partial charge on any atom is 3.00 e. The van der Waals surface area contributed by atoms with Gasteiger partial charge in [0.25, 0.3) is 0 Å². The molecule has 5 heteroatoms. The van der Waals surface area contributed by atoms with Crippen molar-refractivity contribution in [3.05, 3.63) is 98.8 Å². The molecule has 1 atom stereocenters. The first-order valence-electron chi connectivity index (χ1n) is 10.5. The number of fused-ring (bicyclic) bond motifs is 1. The minimum atomic E-state index is 0. The van der Waals surface area contributed by atoms with E-state index in [1.807, 2.05) is 19.2 Å². The van der Waals surface area contributed by atoms with E-state index < -0.39 is 0 Å². The summed E-state index contributed by atoms with van der Waals surface area (Å²) in [6.45, 7) is 11.0. The number of hydrogen-bond acceptors (Lipinski definition) is 1. The maximum absolute atomic E-state index is 6.16. The van der Waals surface area contributed by atoms with Gasteiger partial charge >= 0.3 is 20.1 Å². The third-order valence-corrected chi connectivity index (χ3v) is 7.48. The van der Waals surface area contributed by atoms with Gasteiger partial charge in [-0.3, -0.25) is 4.99 Å². The standard InChI is InChI=1S/C17H15Cl2N.C10H15.HI.Ir/c1-20-17-9-7-12(13-4-2-3-5-14(13)17)11-6-8-15(18)16(19)10-11;1-6-7(2)9(4)10(5)8(6)3;;/h2-6,8,10,12H,7,9H2,1H3;1-5H3;1H;/q;;;+3. The van der Waals surface area contributed by atoms with E-state index in [-0.39, 0.29) is 44.1 Å². The van der Waals surface area contributed by atoms with Crippen molar-refractivity contribution in [1.29, 1.82) is 0 Å². The fourth-order valence-corrected chi connectivity index (χ4v) is 4.66. The van der Waals surface area contributed by atoms with Crippen LogP contribution in [0.25, 0.3) is 0 Å². The largest absolute Gasteiger partial charge is 3.00 e. The van der Waals surface area contributed by atoms with E-state index in [0.29, 0.717) is 16.0 Å². The molecule has 0 aromatic heterocycles. The molecule has 2 aliphatic rings. The Morgan fingerprint density at radius 1 is 0.781 bits per heavy atom. The third-order valence-electron chi connectivity index (χ3n) is 6.75. The molecule has 1 nitrogen and oxygen atoms in total. The Morgan fingerprint density at radius 3 is 1.81 bits per heavy atom. The van der Waals surface area contributed by atoms with Crippen LogP contribution in [0.2, 0.25) is 10.0 Å². The number of halogens is 3. The van der Waals surface area contributed by atoms with Crippen molar-refractivity contribution in [3.63, 3.8) is 0 Å². The van der Waals surface area contributed by atoms with Gasteiger partial charge in [-0.1, -0.05) is 88.2 Å². The van der Waals surface area contributed by atoms with Crippen LogP contribution < -0.4 is 0 Å². The van der Waals surface area contributed by atoms with Crippen molar-refractivity contribution in [1.82, 2.24) is 0 Å². The zero-order valence-electron chi connectivity index (χ0n) is 19.5. The van der Waals surface area contributed by atoms with Gasteiger partial charge in [-0.25, -0.2) is 0 Å². The van der Waals surface area contributed by atoms with Crippen LogP contribution in [-0.4, -0.2) is 12.8 Å². The summed E-state index contributed by atoms with van der Waals surface area (Å²) in [5.41, 5.74) is 5.01. The summed E-state index contributed by atoms with van der Waals surface area (Å²) in [4.78, 5) is 4.42. The summed E-state index contributed by atoms with van der Waals surface area (Å²) < 4.78 is 0. The summed E-state index contributed by atoms with van der Waals surface area (Å²) in [7, 11) is 1.87. The first-order chi connectivity index (χ1) is 14.3. The second-order valence-electron chi connectivity index (χ2n) is 8.15. The Bertz CT molecular complexity index is 871. The molecular formula is C27H31Cl2IIrN+3. The molecule has 0 N–H and O–H groups in total. The molecule has 2 aromatic carbocycles. The zero-order chi connectivity index (χ0) is 22.0. The zero-order valence-corrected chi connectivity index (χ0v) is 25.7. The van der Waals surface area contributed by atoms with Crippen LogP contribution in [0.15, 0.2) is 47.5 Å². The molecule has 0 aliphatic heterocycles. The number of aliphatic imine (C=N–C) groups is 1. The molecule has 5 radical (unpaired) electrons. The van der Waals surface area contributed by atoms with E-state index in [0.717, 1.165) is 12.8 Å². The topological polar surface area (TPSA) is 12.4 Å². The smallest absolute Gasteiger partial charge is 0.292 e. The van der Waals surface area contributed by atoms with Gasteiger partial charge < -0.3 is 0 Å². The van der Waals surface area contributed by atoms with E-state index in [9.17, 15) is 0 Å². The average Bonchev–Trinajstić information content (AvgIpc) is 2.93. The summed E-state index contributed by atoms with van der Waals surface area (Å²) in [6.07, 6.45) is 2.06. The van der Waals surface area contributed by atoms with Crippen LogP contribution in [-0.2, 0) is 20.1 Å². The first-order valence-corrected chi connectivity index (χ1v) is 11.2. The van der Waals surface area contributed by atoms with Gasteiger partial charge in [0, 0.05) is 18.7 Å². The van der Waals surface area contributed by atoms with Crippen LogP contribution in [0.4, 0.5) is 0 Å². The Balaban J connectivity index is 0.000000366. The average molecular weight is 760 g/mol. The summed E-state index contributed by atoms with van der Waals surface area (Å²) >= 11 is 12.2. The van der Waals surface area contributed by atoms with Gasteiger partial charge in [0.05, 0.1) is 10.0 Å². The molecule has 171 valence electrons. The van der Waals surface area contributed by atoms with Crippen molar-refractivity contribution in [2.24, 2.45) is 4.99 Å². The van der Waals surface area contributed by atoms with E-state index in [1.54, 1.807) is 0 Å². The Labute approximate surface area is 235 Å². The molecule has 1 fully saturated rings. The van der Waals surface area contributed by atoms with E-state index in [4.69, 9.17) is 23.2 Å². The Kier molecular flexibility index (Phi) is 12.5. The summed E-state index contributed by atoms with van der Waals surface area (Å²) in [5, 5.41) is 1.23. The second-order valence-corrected chi connectivity index (χ2v) is 8.96. The minimum Gasteiger partial charge on any atom is -0.292 e. The molecule has 1 saturated carbocycles. The number of benzene rings is 2. The monoisotopic (exact) mass is 759 g/mol. The van der Waals surface area contributed by atoms with Crippen molar-refractivity contribution in [2.45, 2.75) is 53.4 Å². The molecule has 2 aromatic rings. The van der Waals surface area contributed by atoms with Crippen molar-refractivity contribution >= 4 is 52.9 Å². The van der Waals surface area contributed by atoms with Gasteiger partial charge in [-0.15, -0.1) is 24.0 Å². The van der Waals surface area contributed by atoms with Crippen LogP contribution >= 0.6 is 47.2 Å². The maximum atomic E-state index is 6.16. The molecule has 0 bridgehead atoms. The van der Waals surface area contributed by atoms with Crippen molar-refractivity contribution < 1.29 is 20.1 Å². The van der Waals surface area contributed by atoms with Gasteiger partial charge in [0.15, 0.2) is 0 Å². The molecule has 0 amide bonds. The predicted molar refractivity (Wildman–Crippen MR) is 146 cm³/mol. The quantitative estimate of drug-likeness (QED) is 0.258. The normalized spacial score (nSPS) is 21.4. The van der Waals surface area contributed by atoms with Crippen LogP contribution in [0.3, 0.4) is 0 Å². The summed E-state index contributed by atoms with van der Waals surface area (Å²) in [5.74, 6) is 7.71. The molecule has 0 heterocycles. The molecule has 1 unspecified atom stereocenters. The van der Waals surface area contributed by atoms with Gasteiger partial charge in [0.2, 0.25) is 0 Å². The van der Waals surface area contributed by atoms with E-state index in [2.05, 4.69) is 69.9 Å². The third kappa shape index (κ3) is 6.39. The molecular weight excluding hydrogens is 728 g/mol. The Morgan fingerprint density at radius 2 is 1.31 bits per heavy atom. The van der Waals surface area contributed by atoms with Crippen LogP contribution in [0.5, 0.6) is 0 Å². The van der Waals surface area contributed by atoms with Crippen molar-refractivity contribution in [2.75, 3.05) is 7.05 Å². The van der Waals surface area contributed by atoms with Gasteiger partial charge in [-0.05, 0) is 71.3 Å². The predicted octanol–water partition coefficient (Wildman–Crippen LogP) is 8.93. The SMILES string of the molecule is CN=C1CCC(c2ccc(Cl)c(Cl)c2)c2ccccc21.C[C]1[C](C)[C](C)[C](C)[C]1C.I.[Ir+3]. The van der Waals surface area contributed by atoms with E-state index >= 15 is 0 Å². The molecule has 2 aliphatic carbocycles. The number of hydrogen-bond donors (Lipinski definition) is 0. The van der Waals surface area contributed by atoms with E-state index in [1.165, 1.54) is 52.0 Å². The molecule has 4 rings (SSSR count). The van der Waals surface area contributed by atoms with Gasteiger partial charge in [0.1, 0.15) is 0 Å². The molecule has 0 spiro atoms. The minimum absolute atomic E-state index is 0. The molecule has 32 heavy (non-hydrogen) atoms. The first kappa shape index (κ1) is 30.1. The van der Waals surface area contributed by atoms with Crippen molar-refractivity contribution in [3.8, 4) is 0 Å².